The van der Waals surface area contributed by atoms with Gasteiger partial charge in [-0.3, -0.25) is 9.59 Å². The van der Waals surface area contributed by atoms with Gasteiger partial charge < -0.3 is 14.3 Å². The fourth-order valence-electron chi connectivity index (χ4n) is 3.09. The molecule has 6 heteroatoms. The molecule has 1 aliphatic carbocycles. The number of aliphatic carboxylic acids is 1. The zero-order valence-electron chi connectivity index (χ0n) is 13.6. The summed E-state index contributed by atoms with van der Waals surface area (Å²) >= 11 is 3.42. The highest BCUT2D eigenvalue weighted by Crippen LogP contribution is 2.37. The molecule has 4 rings (SSSR count). The van der Waals surface area contributed by atoms with Crippen molar-refractivity contribution in [2.24, 2.45) is 5.92 Å². The minimum Gasteiger partial charge on any atom is -0.490 e. The Morgan fingerprint density at radius 1 is 1.15 bits per heavy atom. The van der Waals surface area contributed by atoms with Gasteiger partial charge in [0.05, 0.1) is 21.3 Å². The zero-order chi connectivity index (χ0) is 18.3. The number of hydrogen-bond donors (Lipinski definition) is 1. The van der Waals surface area contributed by atoms with E-state index in [1.807, 2.05) is 24.3 Å². The van der Waals surface area contributed by atoms with Crippen molar-refractivity contribution in [2.45, 2.75) is 18.9 Å². The average Bonchev–Trinajstić information content (AvgIpc) is 2.58. The summed E-state index contributed by atoms with van der Waals surface area (Å²) in [6.45, 7) is 0. The molecule has 2 aromatic carbocycles. The summed E-state index contributed by atoms with van der Waals surface area (Å²) in [5, 5.41) is 9.50. The Balaban J connectivity index is 1.71. The number of benzene rings is 2. The normalized spacial score (nSPS) is 19.1. The Kier molecular flexibility index (Phi) is 4.28. The summed E-state index contributed by atoms with van der Waals surface area (Å²) in [5.41, 5.74) is 1.02. The van der Waals surface area contributed by atoms with E-state index in [4.69, 9.17) is 14.3 Å². The third kappa shape index (κ3) is 3.01. The molecule has 1 aliphatic rings. The summed E-state index contributed by atoms with van der Waals surface area (Å²) in [6, 6.07) is 14.1. The Bertz CT molecular complexity index is 1050. The molecule has 1 saturated carbocycles. The third-order valence-corrected chi connectivity index (χ3v) is 5.22. The lowest BCUT2D eigenvalue weighted by Gasteiger charge is -2.33. The van der Waals surface area contributed by atoms with Crippen LogP contribution in [0.3, 0.4) is 0 Å². The molecular weight excluding hydrogens is 400 g/mol. The number of carboxylic acids is 1. The Hall–Kier alpha value is -2.60. The largest absolute Gasteiger partial charge is 0.490 e. The van der Waals surface area contributed by atoms with E-state index in [1.165, 1.54) is 6.07 Å². The van der Waals surface area contributed by atoms with E-state index in [0.29, 0.717) is 45.4 Å². The van der Waals surface area contributed by atoms with Gasteiger partial charge in [0.2, 0.25) is 0 Å². The van der Waals surface area contributed by atoms with Crippen molar-refractivity contribution in [3.63, 3.8) is 0 Å². The molecule has 0 saturated heterocycles. The topological polar surface area (TPSA) is 76.7 Å². The number of carboxylic acid groups (broad SMARTS) is 1. The number of carbonyl (C=O) groups is 1. The van der Waals surface area contributed by atoms with Gasteiger partial charge in [0.25, 0.3) is 0 Å². The lowest BCUT2D eigenvalue weighted by molar-refractivity contribution is -0.147. The fraction of sp³-hybridized carbons (Fsp3) is 0.200. The summed E-state index contributed by atoms with van der Waals surface area (Å²) in [7, 11) is 0. The van der Waals surface area contributed by atoms with Gasteiger partial charge >= 0.3 is 5.97 Å². The monoisotopic (exact) mass is 414 g/mol. The number of rotatable bonds is 4. The summed E-state index contributed by atoms with van der Waals surface area (Å²) in [5.74, 6) is -0.139. The molecule has 5 nitrogen and oxygen atoms in total. The predicted molar refractivity (Wildman–Crippen MR) is 100 cm³/mol. The van der Waals surface area contributed by atoms with Crippen molar-refractivity contribution in [3.05, 3.63) is 63.2 Å². The van der Waals surface area contributed by atoms with E-state index in [9.17, 15) is 9.59 Å². The molecule has 3 aromatic rings. The van der Waals surface area contributed by atoms with Crippen molar-refractivity contribution in [2.75, 3.05) is 0 Å². The Morgan fingerprint density at radius 3 is 2.69 bits per heavy atom. The van der Waals surface area contributed by atoms with Crippen LogP contribution in [0.4, 0.5) is 0 Å². The molecule has 0 radical (unpaired) electrons. The molecule has 1 heterocycles. The zero-order valence-corrected chi connectivity index (χ0v) is 15.2. The first kappa shape index (κ1) is 16.8. The molecule has 0 bridgehead atoms. The molecule has 26 heavy (non-hydrogen) atoms. The number of hydrogen-bond acceptors (Lipinski definition) is 4. The SMILES string of the molecule is O=c1cc(-c2ccccc2O[C@H]2C[C@@H](C(=O)O)C2)oc2c(Br)cccc12. The molecule has 0 unspecified atom stereocenters. The van der Waals surface area contributed by atoms with E-state index in [1.54, 1.807) is 18.2 Å². The number of para-hydroxylation sites is 2. The predicted octanol–water partition coefficient (Wildman–Crippen LogP) is 4.46. The third-order valence-electron chi connectivity index (χ3n) is 4.60. The van der Waals surface area contributed by atoms with Crippen LogP contribution < -0.4 is 10.2 Å². The first-order valence-corrected chi connectivity index (χ1v) is 9.03. The van der Waals surface area contributed by atoms with E-state index in [0.717, 1.165) is 0 Å². The molecule has 1 aromatic heterocycles. The van der Waals surface area contributed by atoms with Crippen LogP contribution in [-0.4, -0.2) is 17.2 Å². The smallest absolute Gasteiger partial charge is 0.306 e. The first-order chi connectivity index (χ1) is 12.5. The maximum absolute atomic E-state index is 12.5. The lowest BCUT2D eigenvalue weighted by Crippen LogP contribution is -2.38. The minimum absolute atomic E-state index is 0.132. The van der Waals surface area contributed by atoms with Crippen LogP contribution in [0.25, 0.3) is 22.3 Å². The first-order valence-electron chi connectivity index (χ1n) is 8.24. The molecule has 0 atom stereocenters. The molecule has 0 amide bonds. The van der Waals surface area contributed by atoms with Crippen LogP contribution in [0.5, 0.6) is 5.75 Å². The fourth-order valence-corrected chi connectivity index (χ4v) is 3.54. The lowest BCUT2D eigenvalue weighted by atomic mass is 9.82. The standard InChI is InChI=1S/C20H15BrO5/c21-15-6-3-5-13-16(22)10-18(26-19(13)15)14-4-1-2-7-17(14)25-12-8-11(9-12)20(23)24/h1-7,10-12H,8-9H2,(H,23,24)/t11-,12+. The second kappa shape index (κ2) is 6.61. The number of ether oxygens (including phenoxy) is 1. The molecule has 1 N–H and O–H groups in total. The number of halogens is 1. The second-order valence-electron chi connectivity index (χ2n) is 6.33. The van der Waals surface area contributed by atoms with Gasteiger partial charge in [0.1, 0.15) is 17.6 Å². The van der Waals surface area contributed by atoms with Gasteiger partial charge in [-0.2, -0.15) is 0 Å². The van der Waals surface area contributed by atoms with Crippen LogP contribution in [0, 0.1) is 5.92 Å². The van der Waals surface area contributed by atoms with Gasteiger partial charge in [0, 0.05) is 6.07 Å². The number of fused-ring (bicyclic) bond motifs is 1. The molecule has 1 fully saturated rings. The average molecular weight is 415 g/mol. The van der Waals surface area contributed by atoms with Gasteiger partial charge in [-0.1, -0.05) is 18.2 Å². The van der Waals surface area contributed by atoms with Crippen LogP contribution in [0.2, 0.25) is 0 Å². The van der Waals surface area contributed by atoms with Crippen LogP contribution in [0.1, 0.15) is 12.8 Å². The second-order valence-corrected chi connectivity index (χ2v) is 7.19. The summed E-state index contributed by atoms with van der Waals surface area (Å²) < 4.78 is 12.6. The van der Waals surface area contributed by atoms with Gasteiger partial charge in [0.15, 0.2) is 11.0 Å². The highest BCUT2D eigenvalue weighted by molar-refractivity contribution is 9.10. The molecule has 132 valence electrons. The van der Waals surface area contributed by atoms with E-state index in [2.05, 4.69) is 15.9 Å². The van der Waals surface area contributed by atoms with Gasteiger partial charge in [-0.25, -0.2) is 0 Å². The molecule has 0 spiro atoms. The maximum atomic E-state index is 12.5. The van der Waals surface area contributed by atoms with Crippen LogP contribution in [-0.2, 0) is 4.79 Å². The Morgan fingerprint density at radius 2 is 1.92 bits per heavy atom. The van der Waals surface area contributed by atoms with Crippen molar-refractivity contribution < 1.29 is 19.1 Å². The van der Waals surface area contributed by atoms with Crippen LogP contribution >= 0.6 is 15.9 Å². The highest BCUT2D eigenvalue weighted by atomic mass is 79.9. The quantitative estimate of drug-likeness (QED) is 0.681. The van der Waals surface area contributed by atoms with Crippen molar-refractivity contribution in [3.8, 4) is 17.1 Å². The van der Waals surface area contributed by atoms with Crippen molar-refractivity contribution >= 4 is 32.9 Å². The van der Waals surface area contributed by atoms with Crippen molar-refractivity contribution in [1.82, 2.24) is 0 Å². The van der Waals surface area contributed by atoms with Crippen molar-refractivity contribution in [1.29, 1.82) is 0 Å². The van der Waals surface area contributed by atoms with E-state index < -0.39 is 5.97 Å². The van der Waals surface area contributed by atoms with Crippen LogP contribution in [0.15, 0.2) is 62.2 Å². The maximum Gasteiger partial charge on any atom is 0.306 e. The van der Waals surface area contributed by atoms with Gasteiger partial charge in [-0.15, -0.1) is 0 Å². The molecular formula is C20H15BrO5. The summed E-state index contributed by atoms with van der Waals surface area (Å²) in [6.07, 6.45) is 0.824. The van der Waals surface area contributed by atoms with E-state index in [-0.39, 0.29) is 17.5 Å². The highest BCUT2D eigenvalue weighted by Gasteiger charge is 2.36. The Labute approximate surface area is 157 Å². The molecule has 0 aliphatic heterocycles. The minimum atomic E-state index is -0.788. The van der Waals surface area contributed by atoms with E-state index >= 15 is 0 Å². The summed E-state index contributed by atoms with van der Waals surface area (Å²) in [4.78, 5) is 23.4. The van der Waals surface area contributed by atoms with Gasteiger partial charge in [-0.05, 0) is 53.0 Å².